The van der Waals surface area contributed by atoms with E-state index in [4.69, 9.17) is 16.6 Å². The quantitative estimate of drug-likeness (QED) is 0.194. The van der Waals surface area contributed by atoms with Gasteiger partial charge in [-0.05, 0) is 48.5 Å². The molecule has 0 aliphatic carbocycles. The molecule has 0 saturated carbocycles. The molecule has 0 saturated heterocycles. The number of carbonyl (C=O) groups excluding carboxylic acids is 1. The van der Waals surface area contributed by atoms with Crippen molar-refractivity contribution in [2.75, 3.05) is 11.5 Å². The maximum Gasteiger partial charge on any atom is 0.153 e. The summed E-state index contributed by atoms with van der Waals surface area (Å²) in [5.74, 6) is 0.966. The number of carbonyl (C=O) groups is 1. The van der Waals surface area contributed by atoms with Gasteiger partial charge in [-0.3, -0.25) is 4.79 Å². The van der Waals surface area contributed by atoms with Crippen molar-refractivity contribution in [3.05, 3.63) is 103 Å². The number of anilines is 2. The van der Waals surface area contributed by atoms with Gasteiger partial charge in [-0.25, -0.2) is 4.98 Å². The van der Waals surface area contributed by atoms with E-state index in [-0.39, 0.29) is 11.5 Å². The number of rotatable bonds is 2. The largest absolute Gasteiger partial charge is 0.507 e. The molecule has 7 heteroatoms. The number of fused-ring (bicyclic) bond motifs is 1. The van der Waals surface area contributed by atoms with Crippen LogP contribution in [0.1, 0.15) is 10.4 Å². The zero-order valence-corrected chi connectivity index (χ0v) is 17.7. The molecule has 5 rings (SSSR count). The van der Waals surface area contributed by atoms with Gasteiger partial charge in [0.2, 0.25) is 0 Å². The maximum atomic E-state index is 10.1. The maximum absolute atomic E-state index is 10.1. The number of nitrogens with one attached hydrogen (secondary N) is 1. The van der Waals surface area contributed by atoms with Gasteiger partial charge in [-0.1, -0.05) is 48.5 Å². The predicted molar refractivity (Wildman–Crippen MR) is 132 cm³/mol. The van der Waals surface area contributed by atoms with Gasteiger partial charge in [0.1, 0.15) is 17.3 Å². The van der Waals surface area contributed by atoms with Crippen LogP contribution in [-0.2, 0) is 0 Å². The van der Waals surface area contributed by atoms with Gasteiger partial charge in [0.25, 0.3) is 0 Å². The summed E-state index contributed by atoms with van der Waals surface area (Å²) in [5, 5.41) is 18.6. The Morgan fingerprint density at radius 3 is 1.79 bits per heavy atom. The number of aromatic hydroxyl groups is 2. The monoisotopic (exact) mass is 440 g/mol. The number of aromatic amines is 1. The Morgan fingerprint density at radius 2 is 1.24 bits per heavy atom. The fourth-order valence-electron chi connectivity index (χ4n) is 2.85. The number of phenols is 2. The van der Waals surface area contributed by atoms with Crippen molar-refractivity contribution >= 4 is 28.7 Å². The summed E-state index contributed by atoms with van der Waals surface area (Å²) in [4.78, 5) is 17.7. The van der Waals surface area contributed by atoms with E-state index in [2.05, 4.69) is 9.97 Å². The van der Waals surface area contributed by atoms with E-state index in [1.54, 1.807) is 42.5 Å². The molecule has 33 heavy (non-hydrogen) atoms. The molecule has 7 N–H and O–H groups in total. The number of nitrogens with two attached hydrogens (primary N) is 2. The number of nitrogens with zero attached hydrogens (tertiary/aromatic N) is 1. The summed E-state index contributed by atoms with van der Waals surface area (Å²) in [6, 6.07) is 28.6. The van der Waals surface area contributed by atoms with Crippen molar-refractivity contribution in [3.8, 4) is 22.9 Å². The van der Waals surface area contributed by atoms with Crippen LogP contribution in [0.25, 0.3) is 22.4 Å². The van der Waals surface area contributed by atoms with Gasteiger partial charge in [0.15, 0.2) is 6.29 Å². The molecule has 0 spiro atoms. The minimum atomic E-state index is 0.0347. The van der Waals surface area contributed by atoms with Crippen LogP contribution in [-0.4, -0.2) is 26.5 Å². The van der Waals surface area contributed by atoms with Crippen molar-refractivity contribution in [1.82, 2.24) is 9.97 Å². The van der Waals surface area contributed by atoms with E-state index < -0.39 is 0 Å². The lowest BCUT2D eigenvalue weighted by atomic mass is 10.2. The zero-order valence-electron chi connectivity index (χ0n) is 17.7. The van der Waals surface area contributed by atoms with Crippen molar-refractivity contribution in [1.29, 1.82) is 0 Å². The highest BCUT2D eigenvalue weighted by molar-refractivity contribution is 5.80. The van der Waals surface area contributed by atoms with Crippen molar-refractivity contribution in [2.24, 2.45) is 0 Å². The first-order valence-corrected chi connectivity index (χ1v) is 10.1. The van der Waals surface area contributed by atoms with E-state index in [1.807, 2.05) is 48.5 Å². The molecule has 4 aromatic carbocycles. The van der Waals surface area contributed by atoms with Gasteiger partial charge < -0.3 is 26.7 Å². The van der Waals surface area contributed by atoms with Crippen LogP contribution in [0.4, 0.5) is 11.4 Å². The molecule has 1 aromatic heterocycles. The fourth-order valence-corrected chi connectivity index (χ4v) is 2.85. The van der Waals surface area contributed by atoms with Gasteiger partial charge in [0.05, 0.1) is 33.5 Å². The number of aromatic nitrogens is 2. The van der Waals surface area contributed by atoms with Gasteiger partial charge in [-0.2, -0.15) is 0 Å². The molecule has 0 bridgehead atoms. The number of phenolic OH excluding ortho intramolecular Hbond substituents is 2. The van der Waals surface area contributed by atoms with Gasteiger partial charge in [0, 0.05) is 0 Å². The number of hydrogen-bond donors (Lipinski definition) is 5. The number of benzene rings is 4. The molecule has 0 atom stereocenters. The van der Waals surface area contributed by atoms with Crippen LogP contribution in [0.3, 0.4) is 0 Å². The molecular weight excluding hydrogens is 416 g/mol. The van der Waals surface area contributed by atoms with Crippen LogP contribution < -0.4 is 11.5 Å². The van der Waals surface area contributed by atoms with Crippen molar-refractivity contribution in [3.63, 3.8) is 0 Å². The lowest BCUT2D eigenvalue weighted by molar-refractivity contribution is 0.112. The van der Waals surface area contributed by atoms with Crippen LogP contribution in [0, 0.1) is 0 Å². The standard InChI is InChI=1S/C13H10N2O.C7H6O2.C6H8N2/c16-12-8-4-1-5-9(12)13-14-10-6-2-3-7-11(10)15-13;8-5-6-3-1-2-4-7(6)9;7-5-3-1-2-4-6(5)8/h1-8,16H,(H,14,15);1-5,9H;1-4H,7-8H2. The van der Waals surface area contributed by atoms with Crippen LogP contribution in [0.15, 0.2) is 97.1 Å². The third kappa shape index (κ3) is 6.11. The number of hydrogen-bond acceptors (Lipinski definition) is 6. The summed E-state index contributed by atoms with van der Waals surface area (Å²) in [6.45, 7) is 0. The molecule has 7 nitrogen and oxygen atoms in total. The average molecular weight is 441 g/mol. The Hall–Kier alpha value is -4.78. The van der Waals surface area contributed by atoms with E-state index in [0.29, 0.717) is 29.0 Å². The summed E-state index contributed by atoms with van der Waals surface area (Å²) < 4.78 is 0. The molecule has 1 heterocycles. The summed E-state index contributed by atoms with van der Waals surface area (Å²) in [5.41, 5.74) is 15.0. The van der Waals surface area contributed by atoms with Crippen molar-refractivity contribution in [2.45, 2.75) is 0 Å². The van der Waals surface area contributed by atoms with E-state index in [0.717, 1.165) is 16.6 Å². The minimum Gasteiger partial charge on any atom is -0.507 e. The van der Waals surface area contributed by atoms with Crippen LogP contribution >= 0.6 is 0 Å². The minimum absolute atomic E-state index is 0.0347. The van der Waals surface area contributed by atoms with E-state index in [9.17, 15) is 9.90 Å². The second kappa shape index (κ2) is 11.0. The Balaban J connectivity index is 0.000000153. The third-order valence-corrected chi connectivity index (χ3v) is 4.61. The third-order valence-electron chi connectivity index (χ3n) is 4.61. The lowest BCUT2D eigenvalue weighted by Crippen LogP contribution is -1.91. The predicted octanol–water partition coefficient (Wildman–Crippen LogP) is 4.99. The first-order chi connectivity index (χ1) is 16.0. The second-order valence-electron chi connectivity index (χ2n) is 6.93. The first kappa shape index (κ1) is 22.9. The number of aldehydes is 1. The highest BCUT2D eigenvalue weighted by Gasteiger charge is 2.07. The summed E-state index contributed by atoms with van der Waals surface area (Å²) in [7, 11) is 0. The highest BCUT2D eigenvalue weighted by atomic mass is 16.3. The Kier molecular flexibility index (Phi) is 7.64. The lowest BCUT2D eigenvalue weighted by Gasteiger charge is -1.98. The highest BCUT2D eigenvalue weighted by Crippen LogP contribution is 2.27. The summed E-state index contributed by atoms with van der Waals surface area (Å²) >= 11 is 0. The van der Waals surface area contributed by atoms with Gasteiger partial charge >= 0.3 is 0 Å². The zero-order chi connectivity index (χ0) is 23.6. The summed E-state index contributed by atoms with van der Waals surface area (Å²) in [6.07, 6.45) is 0.620. The van der Waals surface area contributed by atoms with Crippen LogP contribution in [0.5, 0.6) is 11.5 Å². The molecule has 0 amide bonds. The normalized spacial score (nSPS) is 9.82. The fraction of sp³-hybridized carbons (Fsp3) is 0. The van der Waals surface area contributed by atoms with Crippen molar-refractivity contribution < 1.29 is 15.0 Å². The van der Waals surface area contributed by atoms with Gasteiger partial charge in [-0.15, -0.1) is 0 Å². The smallest absolute Gasteiger partial charge is 0.153 e. The molecule has 0 fully saturated rings. The first-order valence-electron chi connectivity index (χ1n) is 10.1. The Labute approximate surface area is 191 Å². The molecule has 0 unspecified atom stereocenters. The SMILES string of the molecule is Nc1ccccc1N.O=Cc1ccccc1O.Oc1ccccc1-c1nc2ccccc2[nH]1. The van der Waals surface area contributed by atoms with Crippen LogP contribution in [0.2, 0.25) is 0 Å². The molecule has 5 aromatic rings. The second-order valence-corrected chi connectivity index (χ2v) is 6.93. The Morgan fingerprint density at radius 1 is 0.697 bits per heavy atom. The number of para-hydroxylation sites is 6. The topological polar surface area (TPSA) is 138 Å². The number of nitrogen functional groups attached to an aromatic ring is 2. The molecule has 0 aliphatic rings. The number of H-pyrrole nitrogens is 1. The number of imidazole rings is 1. The molecule has 0 aliphatic heterocycles. The van der Waals surface area contributed by atoms with E-state index in [1.165, 1.54) is 6.07 Å². The molecular formula is C26H24N4O3. The Bertz CT molecular complexity index is 1290. The van der Waals surface area contributed by atoms with E-state index >= 15 is 0 Å². The average Bonchev–Trinajstić information content (AvgIpc) is 3.27. The molecule has 166 valence electrons. The molecule has 0 radical (unpaired) electrons.